The number of benzene rings is 2. The highest BCUT2D eigenvalue weighted by Crippen LogP contribution is 2.31. The third-order valence-electron chi connectivity index (χ3n) is 5.81. The summed E-state index contributed by atoms with van der Waals surface area (Å²) in [6, 6.07) is 22.5. The molecule has 29 heavy (non-hydrogen) atoms. The number of rotatable bonds is 4. The lowest BCUT2D eigenvalue weighted by molar-refractivity contribution is 0.0954. The highest BCUT2D eigenvalue weighted by atomic mass is 16.2. The molecule has 0 atom stereocenters. The zero-order chi connectivity index (χ0) is 20.2. The second kappa shape index (κ2) is 8.48. The summed E-state index contributed by atoms with van der Waals surface area (Å²) in [6.07, 6.45) is 4.04. The van der Waals surface area contributed by atoms with Crippen LogP contribution >= 0.6 is 0 Å². The highest BCUT2D eigenvalue weighted by molar-refractivity contribution is 5.95. The fourth-order valence-electron chi connectivity index (χ4n) is 4.15. The minimum atomic E-state index is -0.157. The first-order chi connectivity index (χ1) is 14.1. The van der Waals surface area contributed by atoms with Crippen LogP contribution in [0.2, 0.25) is 0 Å². The molecule has 1 amide bonds. The smallest absolute Gasteiger partial charge is 0.271 e. The van der Waals surface area contributed by atoms with Gasteiger partial charge < -0.3 is 4.57 Å². The molecule has 1 aliphatic carbocycles. The molecule has 0 spiro atoms. The summed E-state index contributed by atoms with van der Waals surface area (Å²) in [6.45, 7) is 4.16. The third kappa shape index (κ3) is 4.32. The van der Waals surface area contributed by atoms with Crippen molar-refractivity contribution in [2.24, 2.45) is 5.10 Å². The van der Waals surface area contributed by atoms with Crippen LogP contribution in [0.5, 0.6) is 0 Å². The van der Waals surface area contributed by atoms with E-state index in [2.05, 4.69) is 71.4 Å². The molecule has 4 rings (SSSR count). The molecule has 1 N–H and O–H groups in total. The fourth-order valence-corrected chi connectivity index (χ4v) is 4.15. The molecule has 148 valence electrons. The molecule has 1 fully saturated rings. The van der Waals surface area contributed by atoms with Crippen molar-refractivity contribution in [3.63, 3.8) is 0 Å². The van der Waals surface area contributed by atoms with Gasteiger partial charge in [0.05, 0.1) is 0 Å². The van der Waals surface area contributed by atoms with Gasteiger partial charge in [0.25, 0.3) is 5.91 Å². The van der Waals surface area contributed by atoms with Gasteiger partial charge in [0.2, 0.25) is 0 Å². The highest BCUT2D eigenvalue weighted by Gasteiger charge is 2.19. The summed E-state index contributed by atoms with van der Waals surface area (Å²) in [7, 11) is 0. The summed E-state index contributed by atoms with van der Waals surface area (Å²) < 4.78 is 2.17. The Hall–Kier alpha value is -3.14. The van der Waals surface area contributed by atoms with E-state index in [1.54, 1.807) is 0 Å². The summed E-state index contributed by atoms with van der Waals surface area (Å²) in [5.74, 6) is 0.439. The van der Waals surface area contributed by atoms with Crippen molar-refractivity contribution in [2.45, 2.75) is 45.4 Å². The Bertz CT molecular complexity index is 986. The lowest BCUT2D eigenvalue weighted by Crippen LogP contribution is -2.22. The predicted molar refractivity (Wildman–Crippen MR) is 118 cm³/mol. The lowest BCUT2D eigenvalue weighted by Gasteiger charge is -2.23. The normalized spacial score (nSPS) is 16.5. The van der Waals surface area contributed by atoms with E-state index in [4.69, 9.17) is 0 Å². The Morgan fingerprint density at radius 1 is 0.897 bits per heavy atom. The van der Waals surface area contributed by atoms with Gasteiger partial charge in [0, 0.05) is 28.4 Å². The molecule has 0 saturated heterocycles. The van der Waals surface area contributed by atoms with Crippen LogP contribution in [0.15, 0.2) is 71.8 Å². The number of nitrogens with one attached hydrogen (secondary N) is 1. The summed E-state index contributed by atoms with van der Waals surface area (Å²) in [4.78, 5) is 12.5. The number of amides is 1. The molecule has 2 aromatic carbocycles. The van der Waals surface area contributed by atoms with Crippen molar-refractivity contribution in [3.8, 4) is 5.69 Å². The molecule has 0 bridgehead atoms. The number of hydrazone groups is 1. The molecule has 1 heterocycles. The average molecular weight is 386 g/mol. The van der Waals surface area contributed by atoms with Crippen LogP contribution < -0.4 is 5.43 Å². The van der Waals surface area contributed by atoms with E-state index in [0.29, 0.717) is 11.5 Å². The number of carbonyl (C=O) groups excluding carboxylic acids is 1. The Balaban J connectivity index is 1.35. The molecule has 3 aromatic rings. The molecule has 1 aromatic heterocycles. The SMILES string of the molecule is Cc1ccc(C)n1-c1ccc(C(=O)NN=C2CCC(c3ccccc3)CC2)cc1. The monoisotopic (exact) mass is 385 g/mol. The van der Waals surface area contributed by atoms with Crippen molar-refractivity contribution in [2.75, 3.05) is 0 Å². The summed E-state index contributed by atoms with van der Waals surface area (Å²) >= 11 is 0. The molecule has 4 nitrogen and oxygen atoms in total. The van der Waals surface area contributed by atoms with Crippen molar-refractivity contribution < 1.29 is 4.79 Å². The molecular formula is C25H27N3O. The fraction of sp³-hybridized carbons (Fsp3) is 0.280. The van der Waals surface area contributed by atoms with E-state index in [1.165, 1.54) is 17.0 Å². The molecular weight excluding hydrogens is 358 g/mol. The van der Waals surface area contributed by atoms with Gasteiger partial charge in [0.1, 0.15) is 0 Å². The van der Waals surface area contributed by atoms with Crippen LogP contribution in [-0.4, -0.2) is 16.2 Å². The van der Waals surface area contributed by atoms with Crippen LogP contribution in [0.1, 0.15) is 58.9 Å². The van der Waals surface area contributed by atoms with Crippen LogP contribution in [0.3, 0.4) is 0 Å². The Labute approximate surface area is 172 Å². The van der Waals surface area contributed by atoms with Gasteiger partial charge in [-0.2, -0.15) is 5.10 Å². The maximum absolute atomic E-state index is 12.5. The van der Waals surface area contributed by atoms with Gasteiger partial charge in [-0.1, -0.05) is 30.3 Å². The first-order valence-corrected chi connectivity index (χ1v) is 10.3. The Morgan fingerprint density at radius 2 is 1.52 bits per heavy atom. The van der Waals surface area contributed by atoms with Crippen molar-refractivity contribution in [3.05, 3.63) is 89.2 Å². The van der Waals surface area contributed by atoms with Crippen molar-refractivity contribution in [1.82, 2.24) is 9.99 Å². The van der Waals surface area contributed by atoms with Crippen LogP contribution in [0.4, 0.5) is 0 Å². The zero-order valence-corrected chi connectivity index (χ0v) is 17.1. The maximum Gasteiger partial charge on any atom is 0.271 e. The van der Waals surface area contributed by atoms with Crippen LogP contribution in [0, 0.1) is 13.8 Å². The first-order valence-electron chi connectivity index (χ1n) is 10.3. The Morgan fingerprint density at radius 3 is 2.14 bits per heavy atom. The molecule has 0 unspecified atom stereocenters. The zero-order valence-electron chi connectivity index (χ0n) is 17.1. The lowest BCUT2D eigenvalue weighted by atomic mass is 9.83. The molecule has 4 heteroatoms. The number of hydrogen-bond acceptors (Lipinski definition) is 2. The van der Waals surface area contributed by atoms with Crippen molar-refractivity contribution >= 4 is 11.6 Å². The van der Waals surface area contributed by atoms with Crippen LogP contribution in [-0.2, 0) is 0 Å². The minimum absolute atomic E-state index is 0.157. The minimum Gasteiger partial charge on any atom is -0.319 e. The van der Waals surface area contributed by atoms with E-state index >= 15 is 0 Å². The first kappa shape index (κ1) is 19.2. The van der Waals surface area contributed by atoms with Gasteiger partial charge in [-0.25, -0.2) is 5.43 Å². The number of nitrogens with zero attached hydrogens (tertiary/aromatic N) is 2. The van der Waals surface area contributed by atoms with E-state index in [0.717, 1.165) is 37.1 Å². The molecule has 0 aliphatic heterocycles. The maximum atomic E-state index is 12.5. The predicted octanol–water partition coefficient (Wildman–Crippen LogP) is 5.54. The van der Waals surface area contributed by atoms with E-state index in [9.17, 15) is 4.79 Å². The summed E-state index contributed by atoms with van der Waals surface area (Å²) in [5, 5.41) is 4.40. The van der Waals surface area contributed by atoms with E-state index in [-0.39, 0.29) is 5.91 Å². The molecule has 1 saturated carbocycles. The Kier molecular flexibility index (Phi) is 5.61. The second-order valence-corrected chi connectivity index (χ2v) is 7.80. The van der Waals surface area contributed by atoms with Crippen LogP contribution in [0.25, 0.3) is 5.69 Å². The molecule has 1 aliphatic rings. The average Bonchev–Trinajstić information content (AvgIpc) is 3.11. The van der Waals surface area contributed by atoms with E-state index < -0.39 is 0 Å². The second-order valence-electron chi connectivity index (χ2n) is 7.80. The number of hydrogen-bond donors (Lipinski definition) is 1. The van der Waals surface area contributed by atoms with Gasteiger partial charge in [-0.05, 0) is 87.4 Å². The standard InChI is InChI=1S/C25H27N3O/c1-18-8-9-19(2)28(18)24-16-12-22(13-17-24)25(29)27-26-23-14-10-21(11-15-23)20-6-4-3-5-7-20/h3-9,12-13,16-17,21H,10-11,14-15H2,1-2H3,(H,27,29). The van der Waals surface area contributed by atoms with E-state index in [1.807, 2.05) is 24.3 Å². The number of aromatic nitrogens is 1. The third-order valence-corrected chi connectivity index (χ3v) is 5.81. The van der Waals surface area contributed by atoms with Gasteiger partial charge in [0.15, 0.2) is 0 Å². The molecule has 0 radical (unpaired) electrons. The summed E-state index contributed by atoms with van der Waals surface area (Å²) in [5.41, 5.74) is 9.27. The van der Waals surface area contributed by atoms with Crippen molar-refractivity contribution in [1.29, 1.82) is 0 Å². The quantitative estimate of drug-likeness (QED) is 0.589. The number of aryl methyl sites for hydroxylation is 2. The topological polar surface area (TPSA) is 46.4 Å². The van der Waals surface area contributed by atoms with Gasteiger partial charge in [-0.3, -0.25) is 4.79 Å². The number of carbonyl (C=O) groups is 1. The van der Waals surface area contributed by atoms with Gasteiger partial charge >= 0.3 is 0 Å². The largest absolute Gasteiger partial charge is 0.319 e. The van der Waals surface area contributed by atoms with Gasteiger partial charge in [-0.15, -0.1) is 0 Å².